The van der Waals surface area contributed by atoms with E-state index in [1.807, 2.05) is 0 Å². The first-order chi connectivity index (χ1) is 9.49. The summed E-state index contributed by atoms with van der Waals surface area (Å²) in [5.74, 6) is 1.81. The molecule has 2 saturated carbocycles. The van der Waals surface area contributed by atoms with E-state index >= 15 is 0 Å². The number of hydrogen-bond acceptors (Lipinski definition) is 3. The first-order valence-electron chi connectivity index (χ1n) is 8.36. The van der Waals surface area contributed by atoms with Gasteiger partial charge in [0.25, 0.3) is 0 Å². The van der Waals surface area contributed by atoms with Crippen molar-refractivity contribution in [3.8, 4) is 0 Å². The van der Waals surface area contributed by atoms with E-state index in [-0.39, 0.29) is 12.2 Å². The Morgan fingerprint density at radius 2 is 1.00 bits per heavy atom. The van der Waals surface area contributed by atoms with Crippen molar-refractivity contribution in [1.82, 2.24) is 0 Å². The highest BCUT2D eigenvalue weighted by Gasteiger charge is 2.35. The van der Waals surface area contributed by atoms with Crippen LogP contribution in [0.5, 0.6) is 0 Å². The Labute approximate surface area is 123 Å². The summed E-state index contributed by atoms with van der Waals surface area (Å²) in [6, 6.07) is 0. The van der Waals surface area contributed by atoms with Gasteiger partial charge in [0, 0.05) is 0 Å². The third kappa shape index (κ3) is 3.67. The monoisotopic (exact) mass is 282 g/mol. The Kier molecular flexibility index (Phi) is 5.34. The average molecular weight is 282 g/mol. The molecule has 20 heavy (non-hydrogen) atoms. The lowest BCUT2D eigenvalue weighted by atomic mass is 9.80. The molecule has 3 nitrogen and oxygen atoms in total. The fraction of sp³-hybridized carbons (Fsp3) is 0.941. The summed E-state index contributed by atoms with van der Waals surface area (Å²) in [6.07, 6.45) is 6.72. The lowest BCUT2D eigenvalue weighted by molar-refractivity contribution is -0.0711. The minimum atomic E-state index is -0.443. The van der Waals surface area contributed by atoms with E-state index in [1.165, 1.54) is 12.8 Å². The maximum Gasteiger partial charge on any atom is 0.508 e. The van der Waals surface area contributed by atoms with Crippen LogP contribution in [0.1, 0.15) is 66.2 Å². The Morgan fingerprint density at radius 3 is 1.30 bits per heavy atom. The molecule has 2 fully saturated rings. The number of carbonyl (C=O) groups is 1. The zero-order chi connectivity index (χ0) is 14.7. The summed E-state index contributed by atoms with van der Waals surface area (Å²) < 4.78 is 11.3. The molecule has 2 rings (SSSR count). The summed E-state index contributed by atoms with van der Waals surface area (Å²) in [6.45, 7) is 8.72. The van der Waals surface area contributed by atoms with E-state index < -0.39 is 6.16 Å². The fourth-order valence-corrected chi connectivity index (χ4v) is 4.02. The van der Waals surface area contributed by atoms with Crippen molar-refractivity contribution in [2.75, 3.05) is 0 Å². The van der Waals surface area contributed by atoms with Crippen molar-refractivity contribution in [2.45, 2.75) is 78.4 Å². The maximum atomic E-state index is 12.1. The molecule has 0 aromatic rings. The summed E-state index contributed by atoms with van der Waals surface area (Å²) in [7, 11) is 0. The number of ether oxygens (including phenoxy) is 2. The highest BCUT2D eigenvalue weighted by molar-refractivity contribution is 5.60. The van der Waals surface area contributed by atoms with Gasteiger partial charge in [-0.2, -0.15) is 0 Å². The molecule has 0 saturated heterocycles. The number of carbonyl (C=O) groups excluding carboxylic acids is 1. The van der Waals surface area contributed by atoms with Gasteiger partial charge >= 0.3 is 6.16 Å². The molecule has 0 aliphatic heterocycles. The minimum absolute atomic E-state index is 0.0328. The van der Waals surface area contributed by atoms with Gasteiger partial charge in [0.2, 0.25) is 0 Å². The van der Waals surface area contributed by atoms with Crippen molar-refractivity contribution >= 4 is 6.16 Å². The van der Waals surface area contributed by atoms with E-state index in [9.17, 15) is 4.79 Å². The Hall–Kier alpha value is -0.730. The number of hydrogen-bond donors (Lipinski definition) is 0. The molecular weight excluding hydrogens is 252 g/mol. The van der Waals surface area contributed by atoms with Crippen LogP contribution in [-0.4, -0.2) is 18.4 Å². The van der Waals surface area contributed by atoms with Gasteiger partial charge in [-0.3, -0.25) is 0 Å². The van der Waals surface area contributed by atoms with Crippen LogP contribution >= 0.6 is 0 Å². The molecule has 0 N–H and O–H groups in total. The van der Waals surface area contributed by atoms with E-state index in [2.05, 4.69) is 27.7 Å². The Morgan fingerprint density at radius 1 is 0.700 bits per heavy atom. The molecule has 0 amide bonds. The lowest BCUT2D eigenvalue weighted by Gasteiger charge is -2.36. The zero-order valence-electron chi connectivity index (χ0n) is 13.4. The molecule has 0 aromatic heterocycles. The molecule has 0 bridgehead atoms. The predicted octanol–water partition coefficient (Wildman–Crippen LogP) is 4.79. The lowest BCUT2D eigenvalue weighted by Crippen LogP contribution is -2.39. The minimum Gasteiger partial charge on any atom is -0.430 e. The van der Waals surface area contributed by atoms with Crippen molar-refractivity contribution in [3.05, 3.63) is 0 Å². The van der Waals surface area contributed by atoms with E-state index in [1.54, 1.807) is 0 Å². The van der Waals surface area contributed by atoms with Gasteiger partial charge in [0.1, 0.15) is 12.2 Å². The van der Waals surface area contributed by atoms with E-state index in [0.717, 1.165) is 25.7 Å². The molecule has 3 heteroatoms. The van der Waals surface area contributed by atoms with Crippen LogP contribution in [0.3, 0.4) is 0 Å². The van der Waals surface area contributed by atoms with E-state index in [4.69, 9.17) is 9.47 Å². The molecule has 0 aromatic carbocycles. The van der Waals surface area contributed by atoms with Crippen LogP contribution in [0.15, 0.2) is 0 Å². The van der Waals surface area contributed by atoms with Crippen LogP contribution < -0.4 is 0 Å². The molecule has 0 heterocycles. The van der Waals surface area contributed by atoms with Gasteiger partial charge in [0.15, 0.2) is 0 Å². The quantitative estimate of drug-likeness (QED) is 0.683. The standard InChI is InChI=1S/C17H30O3/c1-11-7-5-8-12(2)15(11)19-17(18)20-16-13(3)9-6-10-14(16)4/h11-16H,5-10H2,1-4H3. The zero-order valence-corrected chi connectivity index (χ0v) is 13.4. The topological polar surface area (TPSA) is 35.5 Å². The first kappa shape index (κ1) is 15.7. The maximum absolute atomic E-state index is 12.1. The molecule has 116 valence electrons. The predicted molar refractivity (Wildman–Crippen MR) is 79.5 cm³/mol. The van der Waals surface area contributed by atoms with Crippen LogP contribution in [0, 0.1) is 23.7 Å². The molecule has 0 spiro atoms. The van der Waals surface area contributed by atoms with Gasteiger partial charge in [-0.1, -0.05) is 40.5 Å². The normalized spacial score (nSPS) is 42.0. The summed E-state index contributed by atoms with van der Waals surface area (Å²) in [5.41, 5.74) is 0. The van der Waals surface area contributed by atoms with Crippen molar-refractivity contribution < 1.29 is 14.3 Å². The van der Waals surface area contributed by atoms with E-state index in [0.29, 0.717) is 23.7 Å². The third-order valence-corrected chi connectivity index (χ3v) is 5.35. The van der Waals surface area contributed by atoms with Gasteiger partial charge in [-0.15, -0.1) is 0 Å². The smallest absolute Gasteiger partial charge is 0.430 e. The third-order valence-electron chi connectivity index (χ3n) is 5.35. The largest absolute Gasteiger partial charge is 0.508 e. The Bertz CT molecular complexity index is 278. The molecule has 4 unspecified atom stereocenters. The van der Waals surface area contributed by atoms with Gasteiger partial charge in [0.05, 0.1) is 0 Å². The fourth-order valence-electron chi connectivity index (χ4n) is 4.02. The molecular formula is C17H30O3. The molecule has 2 aliphatic carbocycles. The van der Waals surface area contributed by atoms with Crippen molar-refractivity contribution in [2.24, 2.45) is 23.7 Å². The second kappa shape index (κ2) is 6.82. The van der Waals surface area contributed by atoms with Crippen LogP contribution in [0.4, 0.5) is 4.79 Å². The molecule has 4 atom stereocenters. The summed E-state index contributed by atoms with van der Waals surface area (Å²) >= 11 is 0. The second-order valence-corrected chi connectivity index (χ2v) is 7.19. The second-order valence-electron chi connectivity index (χ2n) is 7.19. The van der Waals surface area contributed by atoms with Gasteiger partial charge in [-0.25, -0.2) is 4.79 Å². The van der Waals surface area contributed by atoms with Crippen molar-refractivity contribution in [1.29, 1.82) is 0 Å². The van der Waals surface area contributed by atoms with Crippen LogP contribution in [0.2, 0.25) is 0 Å². The van der Waals surface area contributed by atoms with Gasteiger partial charge < -0.3 is 9.47 Å². The van der Waals surface area contributed by atoms with Crippen LogP contribution in [-0.2, 0) is 9.47 Å². The Balaban J connectivity index is 1.88. The molecule has 0 radical (unpaired) electrons. The molecule has 2 aliphatic rings. The SMILES string of the molecule is CC1CCCC(C)C1OC(=O)OC1C(C)CCCC1C. The average Bonchev–Trinajstić information content (AvgIpc) is 2.39. The van der Waals surface area contributed by atoms with Crippen molar-refractivity contribution in [3.63, 3.8) is 0 Å². The number of rotatable bonds is 2. The summed E-state index contributed by atoms with van der Waals surface area (Å²) in [4.78, 5) is 12.1. The van der Waals surface area contributed by atoms with Crippen LogP contribution in [0.25, 0.3) is 0 Å². The summed E-state index contributed by atoms with van der Waals surface area (Å²) in [5, 5.41) is 0. The first-order valence-corrected chi connectivity index (χ1v) is 8.36. The van der Waals surface area contributed by atoms with Gasteiger partial charge in [-0.05, 0) is 49.4 Å². The highest BCUT2D eigenvalue weighted by Crippen LogP contribution is 2.34. The highest BCUT2D eigenvalue weighted by atomic mass is 16.7.